The SMILES string of the molecule is CCNCC(=O)c1c(C)n(C)c2c(C)cc(C)cc12. The number of benzene rings is 1. The maximum absolute atomic E-state index is 12.4. The highest BCUT2D eigenvalue weighted by Crippen LogP contribution is 2.29. The van der Waals surface area contributed by atoms with Crippen LogP contribution in [0.5, 0.6) is 0 Å². The van der Waals surface area contributed by atoms with Gasteiger partial charge in [-0.15, -0.1) is 0 Å². The average molecular weight is 258 g/mol. The van der Waals surface area contributed by atoms with Gasteiger partial charge in [0.2, 0.25) is 0 Å². The molecule has 19 heavy (non-hydrogen) atoms. The van der Waals surface area contributed by atoms with E-state index >= 15 is 0 Å². The van der Waals surface area contributed by atoms with E-state index in [1.54, 1.807) is 0 Å². The van der Waals surface area contributed by atoms with Crippen molar-refractivity contribution in [2.45, 2.75) is 27.7 Å². The van der Waals surface area contributed by atoms with Crippen LogP contribution in [0.25, 0.3) is 10.9 Å². The molecule has 0 saturated carbocycles. The van der Waals surface area contributed by atoms with Crippen LogP contribution >= 0.6 is 0 Å². The van der Waals surface area contributed by atoms with Crippen molar-refractivity contribution in [3.05, 3.63) is 34.5 Å². The summed E-state index contributed by atoms with van der Waals surface area (Å²) >= 11 is 0. The molecule has 1 N–H and O–H groups in total. The van der Waals surface area contributed by atoms with E-state index in [1.807, 2.05) is 20.9 Å². The zero-order chi connectivity index (χ0) is 14.2. The van der Waals surface area contributed by atoms with Gasteiger partial charge in [0.25, 0.3) is 0 Å². The fourth-order valence-corrected chi connectivity index (χ4v) is 2.80. The largest absolute Gasteiger partial charge is 0.347 e. The molecule has 0 radical (unpaired) electrons. The number of rotatable bonds is 4. The molecular formula is C16H22N2O. The Balaban J connectivity index is 2.67. The van der Waals surface area contributed by atoms with Gasteiger partial charge in [-0.05, 0) is 38.9 Å². The van der Waals surface area contributed by atoms with E-state index in [0.29, 0.717) is 6.54 Å². The minimum atomic E-state index is 0.176. The molecule has 0 aliphatic heterocycles. The number of carbonyl (C=O) groups excluding carboxylic acids is 1. The van der Waals surface area contributed by atoms with Gasteiger partial charge in [0.1, 0.15) is 0 Å². The van der Waals surface area contributed by atoms with Crippen molar-refractivity contribution in [3.8, 4) is 0 Å². The zero-order valence-corrected chi connectivity index (χ0v) is 12.4. The van der Waals surface area contributed by atoms with Crippen molar-refractivity contribution in [3.63, 3.8) is 0 Å². The zero-order valence-electron chi connectivity index (χ0n) is 12.4. The van der Waals surface area contributed by atoms with E-state index in [4.69, 9.17) is 0 Å². The van der Waals surface area contributed by atoms with Crippen LogP contribution in [0.15, 0.2) is 12.1 Å². The van der Waals surface area contributed by atoms with Gasteiger partial charge in [-0.2, -0.15) is 0 Å². The number of fused-ring (bicyclic) bond motifs is 1. The van der Waals surface area contributed by atoms with E-state index < -0.39 is 0 Å². The number of aromatic nitrogens is 1. The first kappa shape index (κ1) is 13.8. The second-order valence-corrected chi connectivity index (χ2v) is 5.20. The average Bonchev–Trinajstić information content (AvgIpc) is 2.59. The standard InChI is InChI=1S/C16H22N2O/c1-6-17-9-14(19)15-12(4)18(5)16-11(3)7-10(2)8-13(15)16/h7-8,17H,6,9H2,1-5H3. The number of likely N-dealkylation sites (N-methyl/N-ethyl adjacent to an activating group) is 1. The Labute approximate surface area is 114 Å². The van der Waals surface area contributed by atoms with Gasteiger partial charge in [0.05, 0.1) is 12.1 Å². The molecule has 0 amide bonds. The first-order valence-corrected chi connectivity index (χ1v) is 6.77. The van der Waals surface area contributed by atoms with Crippen molar-refractivity contribution in [2.75, 3.05) is 13.1 Å². The molecule has 0 fully saturated rings. The second-order valence-electron chi connectivity index (χ2n) is 5.20. The van der Waals surface area contributed by atoms with Crippen LogP contribution in [0.2, 0.25) is 0 Å². The molecule has 0 bridgehead atoms. The lowest BCUT2D eigenvalue weighted by Gasteiger charge is -2.03. The summed E-state index contributed by atoms with van der Waals surface area (Å²) < 4.78 is 2.13. The third-order valence-corrected chi connectivity index (χ3v) is 3.73. The van der Waals surface area contributed by atoms with Gasteiger partial charge in [-0.3, -0.25) is 4.79 Å². The number of hydrogen-bond acceptors (Lipinski definition) is 2. The summed E-state index contributed by atoms with van der Waals surface area (Å²) in [7, 11) is 2.03. The van der Waals surface area contributed by atoms with Crippen molar-refractivity contribution in [2.24, 2.45) is 7.05 Å². The van der Waals surface area contributed by atoms with Gasteiger partial charge in [0.15, 0.2) is 5.78 Å². The predicted octanol–water partition coefficient (Wildman–Crippen LogP) is 2.90. The van der Waals surface area contributed by atoms with Gasteiger partial charge in [0, 0.05) is 23.7 Å². The van der Waals surface area contributed by atoms with Gasteiger partial charge >= 0.3 is 0 Å². The van der Waals surface area contributed by atoms with E-state index in [-0.39, 0.29) is 5.78 Å². The molecule has 1 aromatic carbocycles. The topological polar surface area (TPSA) is 34.0 Å². The number of nitrogens with one attached hydrogen (secondary N) is 1. The van der Waals surface area contributed by atoms with E-state index in [0.717, 1.165) is 23.2 Å². The third kappa shape index (κ3) is 2.30. The molecule has 0 saturated heterocycles. The van der Waals surface area contributed by atoms with Gasteiger partial charge < -0.3 is 9.88 Å². The molecule has 102 valence electrons. The second kappa shape index (κ2) is 5.17. The van der Waals surface area contributed by atoms with E-state index in [9.17, 15) is 4.79 Å². The van der Waals surface area contributed by atoms with Gasteiger partial charge in [-0.25, -0.2) is 0 Å². The van der Waals surface area contributed by atoms with Crippen LogP contribution in [-0.2, 0) is 7.05 Å². The van der Waals surface area contributed by atoms with Crippen LogP contribution in [0.1, 0.15) is 34.1 Å². The lowest BCUT2D eigenvalue weighted by Crippen LogP contribution is -2.23. The van der Waals surface area contributed by atoms with Crippen LogP contribution in [0, 0.1) is 20.8 Å². The molecular weight excluding hydrogens is 236 g/mol. The molecule has 1 aromatic heterocycles. The van der Waals surface area contributed by atoms with Crippen LogP contribution in [-0.4, -0.2) is 23.4 Å². The maximum Gasteiger partial charge on any atom is 0.179 e. The van der Waals surface area contributed by atoms with E-state index in [1.165, 1.54) is 16.6 Å². The lowest BCUT2D eigenvalue weighted by atomic mass is 10.0. The third-order valence-electron chi connectivity index (χ3n) is 3.73. The summed E-state index contributed by atoms with van der Waals surface area (Å²) in [5.41, 5.74) is 5.51. The molecule has 3 nitrogen and oxygen atoms in total. The number of Topliss-reactive ketones (excluding diaryl/α,β-unsaturated/α-hetero) is 1. The van der Waals surface area contributed by atoms with Crippen molar-refractivity contribution in [1.82, 2.24) is 9.88 Å². The summed E-state index contributed by atoms with van der Waals surface area (Å²) in [5, 5.41) is 4.20. The Bertz CT molecular complexity index is 638. The molecule has 1 heterocycles. The molecule has 0 aliphatic carbocycles. The number of nitrogens with zero attached hydrogens (tertiary/aromatic N) is 1. The van der Waals surface area contributed by atoms with E-state index in [2.05, 4.69) is 35.9 Å². The summed E-state index contributed by atoms with van der Waals surface area (Å²) in [6, 6.07) is 4.29. The lowest BCUT2D eigenvalue weighted by molar-refractivity contribution is 0.0992. The molecule has 3 heteroatoms. The highest BCUT2D eigenvalue weighted by Gasteiger charge is 2.19. The Morgan fingerprint density at radius 3 is 2.58 bits per heavy atom. The van der Waals surface area contributed by atoms with Crippen molar-refractivity contribution in [1.29, 1.82) is 0 Å². The molecule has 2 aromatic rings. The Kier molecular flexibility index (Phi) is 3.76. The van der Waals surface area contributed by atoms with Gasteiger partial charge in [-0.1, -0.05) is 18.6 Å². The molecule has 0 atom stereocenters. The summed E-state index contributed by atoms with van der Waals surface area (Å²) in [4.78, 5) is 12.4. The number of ketones is 1. The molecule has 0 spiro atoms. The normalized spacial score (nSPS) is 11.2. The fraction of sp³-hybridized carbons (Fsp3) is 0.438. The van der Waals surface area contributed by atoms with Crippen molar-refractivity contribution < 1.29 is 4.79 Å². The van der Waals surface area contributed by atoms with Crippen molar-refractivity contribution >= 4 is 16.7 Å². The maximum atomic E-state index is 12.4. The predicted molar refractivity (Wildman–Crippen MR) is 80.0 cm³/mol. The highest BCUT2D eigenvalue weighted by atomic mass is 16.1. The monoisotopic (exact) mass is 258 g/mol. The molecule has 0 unspecified atom stereocenters. The fourth-order valence-electron chi connectivity index (χ4n) is 2.80. The number of aryl methyl sites for hydroxylation is 3. The summed E-state index contributed by atoms with van der Waals surface area (Å²) in [6.45, 7) is 9.43. The Hall–Kier alpha value is -1.61. The van der Waals surface area contributed by atoms with Crippen LogP contribution < -0.4 is 5.32 Å². The first-order chi connectivity index (χ1) is 8.97. The highest BCUT2D eigenvalue weighted by molar-refractivity contribution is 6.11. The van der Waals surface area contributed by atoms with Crippen LogP contribution in [0.3, 0.4) is 0 Å². The quantitative estimate of drug-likeness (QED) is 0.856. The summed E-state index contributed by atoms with van der Waals surface area (Å²) in [6.07, 6.45) is 0. The Morgan fingerprint density at radius 1 is 1.26 bits per heavy atom. The molecule has 2 rings (SSSR count). The van der Waals surface area contributed by atoms with Crippen LogP contribution in [0.4, 0.5) is 0 Å². The summed E-state index contributed by atoms with van der Waals surface area (Å²) in [5.74, 6) is 0.176. The molecule has 0 aliphatic rings. The minimum absolute atomic E-state index is 0.176. The Morgan fingerprint density at radius 2 is 1.95 bits per heavy atom. The first-order valence-electron chi connectivity index (χ1n) is 6.77. The number of carbonyl (C=O) groups is 1. The number of hydrogen-bond donors (Lipinski definition) is 1. The smallest absolute Gasteiger partial charge is 0.179 e. The minimum Gasteiger partial charge on any atom is -0.347 e.